The zero-order valence-corrected chi connectivity index (χ0v) is 15.5. The molecular formula is C22H20ClNO2. The van der Waals surface area contributed by atoms with E-state index in [1.165, 1.54) is 29.4 Å². The lowest BCUT2D eigenvalue weighted by Gasteiger charge is -2.15. The van der Waals surface area contributed by atoms with Crippen LogP contribution in [0.15, 0.2) is 60.7 Å². The number of hydrogen-bond donors (Lipinski definition) is 1. The lowest BCUT2D eigenvalue weighted by atomic mass is 9.96. The third-order valence-corrected chi connectivity index (χ3v) is 4.76. The van der Waals surface area contributed by atoms with Gasteiger partial charge in [0.1, 0.15) is 5.75 Å². The highest BCUT2D eigenvalue weighted by Crippen LogP contribution is 2.31. The highest BCUT2D eigenvalue weighted by molar-refractivity contribution is 6.33. The number of ether oxygens (including phenoxy) is 1. The second kappa shape index (κ2) is 8.07. The maximum absolute atomic E-state index is 11.1. The fourth-order valence-corrected chi connectivity index (χ4v) is 3.21. The number of anilines is 1. The molecule has 0 aliphatic rings. The van der Waals surface area contributed by atoms with E-state index in [4.69, 9.17) is 16.3 Å². The Morgan fingerprint density at radius 2 is 1.85 bits per heavy atom. The first-order valence-electron chi connectivity index (χ1n) is 8.34. The van der Waals surface area contributed by atoms with Crippen LogP contribution in [0.25, 0.3) is 11.1 Å². The van der Waals surface area contributed by atoms with Crippen molar-refractivity contribution in [2.45, 2.75) is 13.5 Å². The molecule has 0 fully saturated rings. The van der Waals surface area contributed by atoms with Crippen LogP contribution < -0.4 is 10.1 Å². The third-order valence-electron chi connectivity index (χ3n) is 4.45. The molecule has 0 amide bonds. The molecule has 0 spiro atoms. The summed E-state index contributed by atoms with van der Waals surface area (Å²) < 4.78 is 5.25. The molecular weight excluding hydrogens is 346 g/mol. The predicted octanol–water partition coefficient (Wildman–Crippen LogP) is 5.75. The fourth-order valence-electron chi connectivity index (χ4n) is 2.97. The smallest absolute Gasteiger partial charge is 0.153 e. The first-order valence-corrected chi connectivity index (χ1v) is 8.72. The lowest BCUT2D eigenvalue weighted by molar-refractivity contribution is 0.112. The second-order valence-electron chi connectivity index (χ2n) is 6.00. The highest BCUT2D eigenvalue weighted by atomic mass is 35.5. The van der Waals surface area contributed by atoms with E-state index < -0.39 is 0 Å². The molecule has 3 aromatic carbocycles. The van der Waals surface area contributed by atoms with Crippen LogP contribution in [0.2, 0.25) is 5.02 Å². The summed E-state index contributed by atoms with van der Waals surface area (Å²) in [5, 5.41) is 3.84. The summed E-state index contributed by atoms with van der Waals surface area (Å²) in [7, 11) is 1.54. The Balaban J connectivity index is 1.86. The summed E-state index contributed by atoms with van der Waals surface area (Å²) in [6, 6.07) is 20.0. The summed E-state index contributed by atoms with van der Waals surface area (Å²) in [4.78, 5) is 11.1. The van der Waals surface area contributed by atoms with E-state index in [1.807, 2.05) is 18.2 Å². The molecule has 0 heterocycles. The van der Waals surface area contributed by atoms with Crippen molar-refractivity contribution in [1.29, 1.82) is 0 Å². The Morgan fingerprint density at radius 1 is 1.08 bits per heavy atom. The number of methoxy groups -OCH3 is 1. The largest absolute Gasteiger partial charge is 0.496 e. The van der Waals surface area contributed by atoms with Crippen LogP contribution in [-0.4, -0.2) is 13.4 Å². The molecule has 0 unspecified atom stereocenters. The van der Waals surface area contributed by atoms with Crippen LogP contribution in [-0.2, 0) is 6.54 Å². The van der Waals surface area contributed by atoms with Gasteiger partial charge in [-0.25, -0.2) is 0 Å². The number of benzene rings is 3. The monoisotopic (exact) mass is 365 g/mol. The van der Waals surface area contributed by atoms with Gasteiger partial charge in [0.05, 0.1) is 23.4 Å². The van der Waals surface area contributed by atoms with E-state index in [0.717, 1.165) is 12.0 Å². The van der Waals surface area contributed by atoms with Crippen LogP contribution in [0.1, 0.15) is 21.5 Å². The molecule has 3 nitrogen and oxygen atoms in total. The summed E-state index contributed by atoms with van der Waals surface area (Å²) in [6.07, 6.45) is 0.738. The van der Waals surface area contributed by atoms with Gasteiger partial charge in [0.2, 0.25) is 0 Å². The van der Waals surface area contributed by atoms with Crippen molar-refractivity contribution in [2.75, 3.05) is 12.4 Å². The van der Waals surface area contributed by atoms with E-state index in [1.54, 1.807) is 12.1 Å². The molecule has 0 radical (unpaired) electrons. The normalized spacial score (nSPS) is 10.4. The Labute approximate surface area is 158 Å². The van der Waals surface area contributed by atoms with Crippen molar-refractivity contribution in [2.24, 2.45) is 0 Å². The summed E-state index contributed by atoms with van der Waals surface area (Å²) in [5.74, 6) is 0.502. The van der Waals surface area contributed by atoms with E-state index in [2.05, 4.69) is 42.6 Å². The van der Waals surface area contributed by atoms with Crippen LogP contribution in [0.3, 0.4) is 0 Å². The number of carbonyl (C=O) groups excluding carboxylic acids is 1. The maximum atomic E-state index is 11.1. The minimum absolute atomic E-state index is 0.435. The maximum Gasteiger partial charge on any atom is 0.153 e. The number of halogens is 1. The van der Waals surface area contributed by atoms with Gasteiger partial charge >= 0.3 is 0 Å². The van der Waals surface area contributed by atoms with Crippen molar-refractivity contribution in [3.05, 3.63) is 82.4 Å². The average molecular weight is 366 g/mol. The van der Waals surface area contributed by atoms with Crippen LogP contribution >= 0.6 is 11.6 Å². The molecule has 0 saturated heterocycles. The first kappa shape index (κ1) is 18.0. The quantitative estimate of drug-likeness (QED) is 0.565. The molecule has 26 heavy (non-hydrogen) atoms. The Hall–Kier alpha value is -2.78. The minimum Gasteiger partial charge on any atom is -0.496 e. The molecule has 0 aromatic heterocycles. The average Bonchev–Trinajstić information content (AvgIpc) is 2.68. The Bertz CT molecular complexity index is 923. The molecule has 3 rings (SSSR count). The van der Waals surface area contributed by atoms with E-state index in [-0.39, 0.29) is 0 Å². The molecule has 0 aliphatic heterocycles. The molecule has 0 saturated carbocycles. The molecule has 4 heteroatoms. The summed E-state index contributed by atoms with van der Waals surface area (Å²) >= 11 is 6.29. The topological polar surface area (TPSA) is 38.3 Å². The molecule has 1 N–H and O–H groups in total. The predicted molar refractivity (Wildman–Crippen MR) is 107 cm³/mol. The zero-order valence-electron chi connectivity index (χ0n) is 14.8. The molecule has 3 aromatic rings. The standard InChI is InChI=1S/C22H20ClNO2/c1-15-17(9-6-10-19(15)16-7-4-3-5-8-16)13-24-21-12-22(26-2)18(14-25)11-20(21)23/h3-12,14,24H,13H2,1-2H3. The van der Waals surface area contributed by atoms with Gasteiger partial charge in [0, 0.05) is 12.6 Å². The van der Waals surface area contributed by atoms with Crippen molar-refractivity contribution in [1.82, 2.24) is 0 Å². The first-order chi connectivity index (χ1) is 12.6. The van der Waals surface area contributed by atoms with E-state index in [0.29, 0.717) is 22.9 Å². The van der Waals surface area contributed by atoms with E-state index in [9.17, 15) is 4.79 Å². The number of aldehydes is 1. The van der Waals surface area contributed by atoms with Crippen molar-refractivity contribution in [3.8, 4) is 16.9 Å². The number of rotatable bonds is 6. The van der Waals surface area contributed by atoms with E-state index >= 15 is 0 Å². The van der Waals surface area contributed by atoms with Gasteiger partial charge in [-0.1, -0.05) is 60.1 Å². The van der Waals surface area contributed by atoms with Gasteiger partial charge in [-0.3, -0.25) is 4.79 Å². The van der Waals surface area contributed by atoms with Gasteiger partial charge < -0.3 is 10.1 Å². The Kier molecular flexibility index (Phi) is 5.59. The fraction of sp³-hybridized carbons (Fsp3) is 0.136. The summed E-state index contributed by atoms with van der Waals surface area (Å²) in [5.41, 5.74) is 5.98. The van der Waals surface area contributed by atoms with Gasteiger partial charge in [0.25, 0.3) is 0 Å². The summed E-state index contributed by atoms with van der Waals surface area (Å²) in [6.45, 7) is 2.74. The van der Waals surface area contributed by atoms with Crippen molar-refractivity contribution < 1.29 is 9.53 Å². The van der Waals surface area contributed by atoms with Crippen molar-refractivity contribution in [3.63, 3.8) is 0 Å². The molecule has 132 valence electrons. The highest BCUT2D eigenvalue weighted by Gasteiger charge is 2.10. The van der Waals surface area contributed by atoms with Gasteiger partial charge in [0.15, 0.2) is 6.29 Å². The molecule has 0 aliphatic carbocycles. The second-order valence-corrected chi connectivity index (χ2v) is 6.41. The van der Waals surface area contributed by atoms with Gasteiger partial charge in [-0.05, 0) is 35.2 Å². The SMILES string of the molecule is COc1cc(NCc2cccc(-c3ccccc3)c2C)c(Cl)cc1C=O. The van der Waals surface area contributed by atoms with Crippen LogP contribution in [0.4, 0.5) is 5.69 Å². The lowest BCUT2D eigenvalue weighted by Crippen LogP contribution is -2.04. The Morgan fingerprint density at radius 3 is 2.54 bits per heavy atom. The molecule has 0 atom stereocenters. The molecule has 0 bridgehead atoms. The zero-order chi connectivity index (χ0) is 18.5. The number of carbonyl (C=O) groups is 1. The number of nitrogens with one attached hydrogen (secondary N) is 1. The minimum atomic E-state index is 0.435. The van der Waals surface area contributed by atoms with Gasteiger partial charge in [-0.2, -0.15) is 0 Å². The van der Waals surface area contributed by atoms with Crippen LogP contribution in [0.5, 0.6) is 5.75 Å². The van der Waals surface area contributed by atoms with Crippen LogP contribution in [0, 0.1) is 6.92 Å². The van der Waals surface area contributed by atoms with Crippen molar-refractivity contribution >= 4 is 23.6 Å². The number of hydrogen-bond acceptors (Lipinski definition) is 3. The van der Waals surface area contributed by atoms with Gasteiger partial charge in [-0.15, -0.1) is 0 Å². The third kappa shape index (κ3) is 3.73.